The van der Waals surface area contributed by atoms with Gasteiger partial charge in [-0.2, -0.15) is 0 Å². The quantitative estimate of drug-likeness (QED) is 0.623. The van der Waals surface area contributed by atoms with Crippen LogP contribution in [0.2, 0.25) is 0 Å². The molecule has 21 heavy (non-hydrogen) atoms. The van der Waals surface area contributed by atoms with Crippen molar-refractivity contribution in [2.24, 2.45) is 0 Å². The molecule has 1 aromatic carbocycles. The molecule has 0 bridgehead atoms. The Hall–Kier alpha value is -2.04. The number of benzene rings is 1. The third kappa shape index (κ3) is 4.48. The Balaban J connectivity index is 2.88. The first-order valence-electron chi connectivity index (χ1n) is 7.16. The standard InChI is InChI=1S/C16H24N2O3/c1-5-6-7-13(16(20)21-4)18-15(19)12-8-10(2)14(17)11(3)9-12/h8-9,13H,5-7,17H2,1-4H3,(H,18,19)/t13-/m1/s1. The van der Waals surface area contributed by atoms with E-state index in [1.165, 1.54) is 7.11 Å². The van der Waals surface area contributed by atoms with Crippen LogP contribution in [0.4, 0.5) is 5.69 Å². The van der Waals surface area contributed by atoms with Crippen molar-refractivity contribution in [3.8, 4) is 0 Å². The molecule has 116 valence electrons. The van der Waals surface area contributed by atoms with E-state index in [0.29, 0.717) is 17.7 Å². The van der Waals surface area contributed by atoms with Gasteiger partial charge in [0, 0.05) is 11.3 Å². The molecule has 1 aromatic rings. The molecule has 1 amide bonds. The Morgan fingerprint density at radius 2 is 1.86 bits per heavy atom. The third-order valence-corrected chi connectivity index (χ3v) is 3.49. The number of nitrogens with two attached hydrogens (primary N) is 1. The van der Waals surface area contributed by atoms with Crippen LogP contribution in [0.3, 0.4) is 0 Å². The number of unbranched alkanes of at least 4 members (excludes halogenated alkanes) is 1. The molecule has 0 radical (unpaired) electrons. The van der Waals surface area contributed by atoms with E-state index in [0.717, 1.165) is 24.0 Å². The minimum atomic E-state index is -0.611. The summed E-state index contributed by atoms with van der Waals surface area (Å²) in [6.07, 6.45) is 2.37. The first-order valence-corrected chi connectivity index (χ1v) is 7.16. The minimum Gasteiger partial charge on any atom is -0.467 e. The van der Waals surface area contributed by atoms with Gasteiger partial charge in [-0.25, -0.2) is 4.79 Å². The summed E-state index contributed by atoms with van der Waals surface area (Å²) in [5, 5.41) is 2.74. The minimum absolute atomic E-state index is 0.285. The summed E-state index contributed by atoms with van der Waals surface area (Å²) in [7, 11) is 1.32. The summed E-state index contributed by atoms with van der Waals surface area (Å²) in [5.74, 6) is -0.701. The molecule has 0 aliphatic carbocycles. The second-order valence-electron chi connectivity index (χ2n) is 5.22. The molecule has 0 aliphatic heterocycles. The maximum absolute atomic E-state index is 12.3. The predicted molar refractivity (Wildman–Crippen MR) is 83.1 cm³/mol. The molecule has 1 rings (SSSR count). The number of ether oxygens (including phenoxy) is 1. The van der Waals surface area contributed by atoms with Gasteiger partial charge in [0.05, 0.1) is 7.11 Å². The van der Waals surface area contributed by atoms with Crippen molar-refractivity contribution in [3.05, 3.63) is 28.8 Å². The van der Waals surface area contributed by atoms with Gasteiger partial charge in [-0.1, -0.05) is 19.8 Å². The lowest BCUT2D eigenvalue weighted by atomic mass is 10.0. The highest BCUT2D eigenvalue weighted by Gasteiger charge is 2.21. The summed E-state index contributed by atoms with van der Waals surface area (Å²) >= 11 is 0. The molecular weight excluding hydrogens is 268 g/mol. The Labute approximate surface area is 125 Å². The van der Waals surface area contributed by atoms with Gasteiger partial charge in [0.15, 0.2) is 0 Å². The van der Waals surface area contributed by atoms with E-state index in [-0.39, 0.29) is 5.91 Å². The molecule has 0 saturated carbocycles. The maximum Gasteiger partial charge on any atom is 0.328 e. The van der Waals surface area contributed by atoms with Crippen molar-refractivity contribution in [2.75, 3.05) is 12.8 Å². The number of carbonyl (C=O) groups excluding carboxylic acids is 2. The van der Waals surface area contributed by atoms with Gasteiger partial charge in [-0.05, 0) is 43.5 Å². The second-order valence-corrected chi connectivity index (χ2v) is 5.22. The first-order chi connectivity index (χ1) is 9.90. The van der Waals surface area contributed by atoms with Crippen LogP contribution in [-0.4, -0.2) is 25.0 Å². The van der Waals surface area contributed by atoms with Gasteiger partial charge in [0.25, 0.3) is 5.91 Å². The summed E-state index contributed by atoms with van der Waals surface area (Å²) in [4.78, 5) is 24.0. The van der Waals surface area contributed by atoms with E-state index in [4.69, 9.17) is 10.5 Å². The number of methoxy groups -OCH3 is 1. The number of carbonyl (C=O) groups is 2. The van der Waals surface area contributed by atoms with Crippen LogP contribution >= 0.6 is 0 Å². The number of anilines is 1. The highest BCUT2D eigenvalue weighted by Crippen LogP contribution is 2.18. The fourth-order valence-electron chi connectivity index (χ4n) is 2.15. The van der Waals surface area contributed by atoms with Crippen LogP contribution in [0.1, 0.15) is 47.7 Å². The summed E-state index contributed by atoms with van der Waals surface area (Å²) < 4.78 is 4.74. The number of nitrogen functional groups attached to an aromatic ring is 1. The Morgan fingerprint density at radius 1 is 1.29 bits per heavy atom. The van der Waals surface area contributed by atoms with Crippen molar-refractivity contribution in [1.82, 2.24) is 5.32 Å². The van der Waals surface area contributed by atoms with E-state index >= 15 is 0 Å². The molecule has 3 N–H and O–H groups in total. The van der Waals surface area contributed by atoms with Crippen LogP contribution < -0.4 is 11.1 Å². The maximum atomic E-state index is 12.3. The van der Waals surface area contributed by atoms with E-state index in [1.54, 1.807) is 12.1 Å². The topological polar surface area (TPSA) is 81.4 Å². The largest absolute Gasteiger partial charge is 0.467 e. The van der Waals surface area contributed by atoms with Crippen LogP contribution in [-0.2, 0) is 9.53 Å². The van der Waals surface area contributed by atoms with Crippen molar-refractivity contribution in [3.63, 3.8) is 0 Å². The van der Waals surface area contributed by atoms with Crippen LogP contribution in [0.5, 0.6) is 0 Å². The van der Waals surface area contributed by atoms with Gasteiger partial charge in [-0.15, -0.1) is 0 Å². The number of nitrogens with one attached hydrogen (secondary N) is 1. The van der Waals surface area contributed by atoms with E-state index in [2.05, 4.69) is 5.32 Å². The zero-order valence-electron chi connectivity index (χ0n) is 13.2. The summed E-state index contributed by atoms with van der Waals surface area (Å²) in [6, 6.07) is 2.85. The normalized spacial score (nSPS) is 11.8. The molecule has 0 aliphatic rings. The van der Waals surface area contributed by atoms with Gasteiger partial charge in [0.1, 0.15) is 6.04 Å². The molecule has 5 nitrogen and oxygen atoms in total. The van der Waals surface area contributed by atoms with Crippen molar-refractivity contribution in [1.29, 1.82) is 0 Å². The summed E-state index contributed by atoms with van der Waals surface area (Å²) in [5.41, 5.74) is 8.77. The van der Waals surface area contributed by atoms with Crippen LogP contribution in [0.25, 0.3) is 0 Å². The second kappa shape index (κ2) is 7.67. The molecular formula is C16H24N2O3. The molecule has 0 saturated heterocycles. The SMILES string of the molecule is CCCC[C@@H](NC(=O)c1cc(C)c(N)c(C)c1)C(=O)OC. The fraction of sp³-hybridized carbons (Fsp3) is 0.500. The van der Waals surface area contributed by atoms with E-state index in [9.17, 15) is 9.59 Å². The van der Waals surface area contributed by atoms with Gasteiger partial charge in [0.2, 0.25) is 0 Å². The molecule has 0 unspecified atom stereocenters. The van der Waals surface area contributed by atoms with Crippen LogP contribution in [0.15, 0.2) is 12.1 Å². The molecule has 0 heterocycles. The highest BCUT2D eigenvalue weighted by molar-refractivity contribution is 5.97. The Morgan fingerprint density at radius 3 is 2.33 bits per heavy atom. The molecule has 0 fully saturated rings. The number of hydrogen-bond donors (Lipinski definition) is 2. The van der Waals surface area contributed by atoms with Crippen LogP contribution in [0, 0.1) is 13.8 Å². The highest BCUT2D eigenvalue weighted by atomic mass is 16.5. The Bertz CT molecular complexity index is 503. The monoisotopic (exact) mass is 292 g/mol. The summed E-state index contributed by atoms with van der Waals surface area (Å²) in [6.45, 7) is 5.74. The van der Waals surface area contributed by atoms with Gasteiger partial charge < -0.3 is 15.8 Å². The van der Waals surface area contributed by atoms with Gasteiger partial charge >= 0.3 is 5.97 Å². The number of amides is 1. The number of esters is 1. The Kier molecular flexibility index (Phi) is 6.21. The molecule has 0 aromatic heterocycles. The van der Waals surface area contributed by atoms with E-state index in [1.807, 2.05) is 20.8 Å². The first kappa shape index (κ1) is 17.0. The smallest absolute Gasteiger partial charge is 0.328 e. The molecule has 1 atom stereocenters. The van der Waals surface area contributed by atoms with Gasteiger partial charge in [-0.3, -0.25) is 4.79 Å². The molecule has 0 spiro atoms. The predicted octanol–water partition coefficient (Wildman–Crippen LogP) is 2.35. The zero-order chi connectivity index (χ0) is 16.0. The molecule has 5 heteroatoms. The van der Waals surface area contributed by atoms with Crippen molar-refractivity contribution in [2.45, 2.75) is 46.1 Å². The number of hydrogen-bond acceptors (Lipinski definition) is 4. The zero-order valence-corrected chi connectivity index (χ0v) is 13.2. The number of rotatable bonds is 6. The number of aryl methyl sites for hydroxylation is 2. The average Bonchev–Trinajstić information content (AvgIpc) is 2.47. The van der Waals surface area contributed by atoms with Crippen molar-refractivity contribution < 1.29 is 14.3 Å². The van der Waals surface area contributed by atoms with E-state index < -0.39 is 12.0 Å². The third-order valence-electron chi connectivity index (χ3n) is 3.49. The fourth-order valence-corrected chi connectivity index (χ4v) is 2.15. The van der Waals surface area contributed by atoms with Crippen molar-refractivity contribution >= 4 is 17.6 Å². The lowest BCUT2D eigenvalue weighted by Gasteiger charge is -2.17. The lowest BCUT2D eigenvalue weighted by molar-refractivity contribution is -0.143. The lowest BCUT2D eigenvalue weighted by Crippen LogP contribution is -2.41. The average molecular weight is 292 g/mol.